The molecule has 1 aliphatic heterocycles. The number of guanidine groups is 1. The Bertz CT molecular complexity index is 268. The second-order valence-electron chi connectivity index (χ2n) is 5.56. The van der Waals surface area contributed by atoms with E-state index in [0.717, 1.165) is 36.9 Å². The highest BCUT2D eigenvalue weighted by atomic mass is 15.2. The summed E-state index contributed by atoms with van der Waals surface area (Å²) in [6, 6.07) is 0.729. The van der Waals surface area contributed by atoms with Crippen molar-refractivity contribution in [3.8, 4) is 0 Å². The van der Waals surface area contributed by atoms with E-state index in [1.54, 1.807) is 0 Å². The van der Waals surface area contributed by atoms with Crippen molar-refractivity contribution in [1.29, 1.82) is 0 Å². The van der Waals surface area contributed by atoms with Crippen molar-refractivity contribution >= 4 is 5.96 Å². The molecule has 2 N–H and O–H groups in total. The van der Waals surface area contributed by atoms with Crippen molar-refractivity contribution < 1.29 is 0 Å². The zero-order valence-electron chi connectivity index (χ0n) is 10.0. The van der Waals surface area contributed by atoms with Gasteiger partial charge in [-0.3, -0.25) is 4.99 Å². The van der Waals surface area contributed by atoms with E-state index in [1.165, 1.54) is 44.9 Å². The average Bonchev–Trinajstić information content (AvgIpc) is 3.11. The summed E-state index contributed by atoms with van der Waals surface area (Å²) >= 11 is 0. The molecule has 90 valence electrons. The Balaban J connectivity index is 1.46. The van der Waals surface area contributed by atoms with Crippen LogP contribution in [0, 0.1) is 11.8 Å². The minimum absolute atomic E-state index is 0.729. The van der Waals surface area contributed by atoms with E-state index in [9.17, 15) is 0 Å². The minimum Gasteiger partial charge on any atom is -0.356 e. The summed E-state index contributed by atoms with van der Waals surface area (Å²) in [6.07, 6.45) is 9.91. The van der Waals surface area contributed by atoms with Crippen molar-refractivity contribution in [2.75, 3.05) is 13.1 Å². The molecule has 2 fully saturated rings. The first-order valence-corrected chi connectivity index (χ1v) is 6.98. The Kier molecular flexibility index (Phi) is 3.02. The van der Waals surface area contributed by atoms with Crippen LogP contribution in [0.15, 0.2) is 4.99 Å². The van der Waals surface area contributed by atoms with Crippen LogP contribution in [0.4, 0.5) is 0 Å². The second kappa shape index (κ2) is 4.64. The van der Waals surface area contributed by atoms with Crippen molar-refractivity contribution in [3.05, 3.63) is 0 Å². The van der Waals surface area contributed by atoms with Gasteiger partial charge in [-0.1, -0.05) is 32.1 Å². The highest BCUT2D eigenvalue weighted by Crippen LogP contribution is 2.44. The lowest BCUT2D eigenvalue weighted by atomic mass is 9.85. The summed E-state index contributed by atoms with van der Waals surface area (Å²) in [7, 11) is 0. The topological polar surface area (TPSA) is 36.4 Å². The number of hydrogen-bond acceptors (Lipinski definition) is 3. The van der Waals surface area contributed by atoms with E-state index < -0.39 is 0 Å². The molecule has 0 aromatic rings. The SMILES string of the molecule is C1CCC([C@H]2C[C@H]2NC2=NCCCN2)CC1. The summed E-state index contributed by atoms with van der Waals surface area (Å²) in [5, 5.41) is 6.93. The van der Waals surface area contributed by atoms with Gasteiger partial charge >= 0.3 is 0 Å². The third-order valence-electron chi connectivity index (χ3n) is 4.31. The van der Waals surface area contributed by atoms with Crippen molar-refractivity contribution in [3.63, 3.8) is 0 Å². The van der Waals surface area contributed by atoms with E-state index in [2.05, 4.69) is 15.6 Å². The first-order chi connectivity index (χ1) is 7.93. The summed E-state index contributed by atoms with van der Waals surface area (Å²) in [5.41, 5.74) is 0. The van der Waals surface area contributed by atoms with Crippen LogP contribution in [0.1, 0.15) is 44.9 Å². The molecule has 0 bridgehead atoms. The second-order valence-corrected chi connectivity index (χ2v) is 5.56. The summed E-state index contributed by atoms with van der Waals surface area (Å²) in [4.78, 5) is 4.48. The molecule has 2 saturated carbocycles. The fraction of sp³-hybridized carbons (Fsp3) is 0.923. The molecule has 2 aliphatic carbocycles. The van der Waals surface area contributed by atoms with Crippen molar-refractivity contribution in [2.45, 2.75) is 51.0 Å². The van der Waals surface area contributed by atoms with Crippen LogP contribution >= 0.6 is 0 Å². The number of nitrogens with one attached hydrogen (secondary N) is 2. The molecule has 0 aromatic carbocycles. The number of hydrogen-bond donors (Lipinski definition) is 2. The largest absolute Gasteiger partial charge is 0.356 e. The normalized spacial score (nSPS) is 35.1. The van der Waals surface area contributed by atoms with Gasteiger partial charge in [-0.25, -0.2) is 0 Å². The van der Waals surface area contributed by atoms with Crippen LogP contribution in [-0.2, 0) is 0 Å². The van der Waals surface area contributed by atoms with Gasteiger partial charge in [-0.15, -0.1) is 0 Å². The highest BCUT2D eigenvalue weighted by molar-refractivity contribution is 5.80. The lowest BCUT2D eigenvalue weighted by Gasteiger charge is -2.22. The zero-order chi connectivity index (χ0) is 10.8. The van der Waals surface area contributed by atoms with Gasteiger partial charge in [0.2, 0.25) is 0 Å². The molecule has 0 saturated heterocycles. The van der Waals surface area contributed by atoms with E-state index in [-0.39, 0.29) is 0 Å². The van der Waals surface area contributed by atoms with E-state index in [0.29, 0.717) is 0 Å². The molecule has 0 aromatic heterocycles. The zero-order valence-corrected chi connectivity index (χ0v) is 10.0. The molecular formula is C13H23N3. The molecule has 0 radical (unpaired) electrons. The van der Waals surface area contributed by atoms with Crippen molar-refractivity contribution in [1.82, 2.24) is 10.6 Å². The monoisotopic (exact) mass is 221 g/mol. The Morgan fingerprint density at radius 1 is 1.12 bits per heavy atom. The molecular weight excluding hydrogens is 198 g/mol. The van der Waals surface area contributed by atoms with Gasteiger partial charge in [-0.05, 0) is 24.7 Å². The lowest BCUT2D eigenvalue weighted by molar-refractivity contribution is 0.315. The Morgan fingerprint density at radius 2 is 2.00 bits per heavy atom. The maximum absolute atomic E-state index is 4.48. The van der Waals surface area contributed by atoms with Gasteiger partial charge in [-0.2, -0.15) is 0 Å². The van der Waals surface area contributed by atoms with Gasteiger partial charge in [0, 0.05) is 19.1 Å². The van der Waals surface area contributed by atoms with Crippen LogP contribution < -0.4 is 10.6 Å². The maximum Gasteiger partial charge on any atom is 0.191 e. The quantitative estimate of drug-likeness (QED) is 0.747. The predicted molar refractivity (Wildman–Crippen MR) is 66.5 cm³/mol. The maximum atomic E-state index is 4.48. The summed E-state index contributed by atoms with van der Waals surface area (Å²) < 4.78 is 0. The van der Waals surface area contributed by atoms with Crippen LogP contribution in [0.25, 0.3) is 0 Å². The highest BCUT2D eigenvalue weighted by Gasteiger charge is 2.43. The molecule has 2 atom stereocenters. The number of aliphatic imine (C=N–C) groups is 1. The third-order valence-corrected chi connectivity index (χ3v) is 4.31. The first-order valence-electron chi connectivity index (χ1n) is 6.98. The Morgan fingerprint density at radius 3 is 2.75 bits per heavy atom. The molecule has 1 heterocycles. The predicted octanol–water partition coefficient (Wildman–Crippen LogP) is 1.89. The lowest BCUT2D eigenvalue weighted by Crippen LogP contribution is -2.42. The van der Waals surface area contributed by atoms with Crippen LogP contribution in [0.2, 0.25) is 0 Å². The summed E-state index contributed by atoms with van der Waals surface area (Å²) in [6.45, 7) is 2.09. The molecule has 0 amide bonds. The van der Waals surface area contributed by atoms with Crippen LogP contribution in [0.3, 0.4) is 0 Å². The molecule has 3 aliphatic rings. The fourth-order valence-corrected chi connectivity index (χ4v) is 3.27. The van der Waals surface area contributed by atoms with Gasteiger partial charge < -0.3 is 10.6 Å². The summed E-state index contributed by atoms with van der Waals surface area (Å²) in [5.74, 6) is 3.02. The molecule has 3 rings (SSSR count). The van der Waals surface area contributed by atoms with Crippen LogP contribution in [-0.4, -0.2) is 25.1 Å². The van der Waals surface area contributed by atoms with Crippen LogP contribution in [0.5, 0.6) is 0 Å². The van der Waals surface area contributed by atoms with E-state index >= 15 is 0 Å². The van der Waals surface area contributed by atoms with Gasteiger partial charge in [0.15, 0.2) is 5.96 Å². The molecule has 0 unspecified atom stereocenters. The van der Waals surface area contributed by atoms with E-state index in [4.69, 9.17) is 0 Å². The number of nitrogens with zero attached hydrogens (tertiary/aromatic N) is 1. The molecule has 3 heteroatoms. The van der Waals surface area contributed by atoms with Gasteiger partial charge in [0.1, 0.15) is 0 Å². The van der Waals surface area contributed by atoms with E-state index in [1.807, 2.05) is 0 Å². The molecule has 0 spiro atoms. The van der Waals surface area contributed by atoms with Gasteiger partial charge in [0.05, 0.1) is 0 Å². The smallest absolute Gasteiger partial charge is 0.191 e. The molecule has 16 heavy (non-hydrogen) atoms. The minimum atomic E-state index is 0.729. The third kappa shape index (κ3) is 2.33. The standard InChI is InChI=1S/C13H23N3/c1-2-5-10(6-3-1)11-9-12(11)16-13-14-7-4-8-15-13/h10-12H,1-9H2,(H2,14,15,16)/t11-,12-/m1/s1. The number of rotatable bonds is 2. The molecule has 3 nitrogen and oxygen atoms in total. The first kappa shape index (κ1) is 10.4. The Labute approximate surface area is 98.1 Å². The fourth-order valence-electron chi connectivity index (χ4n) is 3.27. The average molecular weight is 221 g/mol. The van der Waals surface area contributed by atoms with Gasteiger partial charge in [0.25, 0.3) is 0 Å². The Hall–Kier alpha value is -0.730. The van der Waals surface area contributed by atoms with Crippen molar-refractivity contribution in [2.24, 2.45) is 16.8 Å².